The Hall–Kier alpha value is -3.83. The number of nitrogens with one attached hydrogen (secondary N) is 2. The first-order valence-corrected chi connectivity index (χ1v) is 15.8. The van der Waals surface area contributed by atoms with Gasteiger partial charge < -0.3 is 29.9 Å². The summed E-state index contributed by atoms with van der Waals surface area (Å²) in [6.07, 6.45) is 12.2. The summed E-state index contributed by atoms with van der Waals surface area (Å²) in [5.74, 6) is 0.472. The number of aromatic nitrogens is 2. The minimum absolute atomic E-state index is 0.0331. The number of morpholine rings is 1. The maximum absolute atomic E-state index is 13.9. The van der Waals surface area contributed by atoms with Gasteiger partial charge in [-0.1, -0.05) is 42.5 Å². The summed E-state index contributed by atoms with van der Waals surface area (Å²) in [6.45, 7) is 3.60. The molecule has 4 aliphatic rings. The molecule has 3 fully saturated rings. The SMILES string of the molecule is O=C1N[C@@H]2CCN(C(=O)C3CN(c4cnccn4)CCO3)C[C@@H]2C/C=C/CC2(CCOCC2)C(=O)N[C@H]1Cc1ccccc1. The van der Waals surface area contributed by atoms with Gasteiger partial charge in [0.25, 0.3) is 5.91 Å². The summed E-state index contributed by atoms with van der Waals surface area (Å²) in [5, 5.41) is 6.42. The Labute approximate surface area is 258 Å². The number of amides is 3. The van der Waals surface area contributed by atoms with E-state index in [4.69, 9.17) is 9.47 Å². The Morgan fingerprint density at radius 1 is 1.00 bits per heavy atom. The molecule has 5 heterocycles. The van der Waals surface area contributed by atoms with E-state index in [2.05, 4.69) is 32.8 Å². The summed E-state index contributed by atoms with van der Waals surface area (Å²) >= 11 is 0. The van der Waals surface area contributed by atoms with Crippen molar-refractivity contribution in [3.8, 4) is 0 Å². The molecule has 11 heteroatoms. The third kappa shape index (κ3) is 6.94. The normalized spacial score (nSPS) is 28.5. The summed E-state index contributed by atoms with van der Waals surface area (Å²) in [4.78, 5) is 53.8. The van der Waals surface area contributed by atoms with E-state index in [0.29, 0.717) is 84.5 Å². The molecule has 44 heavy (non-hydrogen) atoms. The molecular weight excluding hydrogens is 560 g/mol. The van der Waals surface area contributed by atoms with Crippen molar-refractivity contribution in [3.05, 3.63) is 66.6 Å². The van der Waals surface area contributed by atoms with Gasteiger partial charge in [-0.15, -0.1) is 0 Å². The number of hydrogen-bond acceptors (Lipinski definition) is 8. The summed E-state index contributed by atoms with van der Waals surface area (Å²) < 4.78 is 11.5. The number of carbonyl (C=O) groups is 3. The van der Waals surface area contributed by atoms with E-state index < -0.39 is 17.6 Å². The topological polar surface area (TPSA) is 126 Å². The van der Waals surface area contributed by atoms with Crippen molar-refractivity contribution in [2.24, 2.45) is 11.3 Å². The molecule has 4 atom stereocenters. The van der Waals surface area contributed by atoms with E-state index in [-0.39, 0.29) is 29.7 Å². The molecule has 4 aliphatic heterocycles. The van der Waals surface area contributed by atoms with Gasteiger partial charge in [-0.3, -0.25) is 19.4 Å². The Kier molecular flexibility index (Phi) is 9.51. The molecule has 0 bridgehead atoms. The minimum Gasteiger partial charge on any atom is -0.381 e. The molecule has 1 aromatic heterocycles. The number of allylic oxidation sites excluding steroid dienone is 2. The molecule has 6 rings (SSSR count). The zero-order valence-electron chi connectivity index (χ0n) is 25.1. The lowest BCUT2D eigenvalue weighted by molar-refractivity contribution is -0.147. The number of fused-ring (bicyclic) bond motifs is 1. The monoisotopic (exact) mass is 602 g/mol. The molecule has 2 aromatic rings. The van der Waals surface area contributed by atoms with Crippen molar-refractivity contribution in [2.45, 2.75) is 56.7 Å². The van der Waals surface area contributed by atoms with Crippen LogP contribution in [0.15, 0.2) is 61.1 Å². The fourth-order valence-electron chi connectivity index (χ4n) is 6.85. The van der Waals surface area contributed by atoms with Gasteiger partial charge in [-0.05, 0) is 37.7 Å². The number of nitrogens with zero attached hydrogens (tertiary/aromatic N) is 4. The van der Waals surface area contributed by atoms with E-state index in [0.717, 1.165) is 11.4 Å². The van der Waals surface area contributed by atoms with Crippen LogP contribution in [0, 0.1) is 11.3 Å². The predicted molar refractivity (Wildman–Crippen MR) is 164 cm³/mol. The predicted octanol–water partition coefficient (Wildman–Crippen LogP) is 1.89. The van der Waals surface area contributed by atoms with Crippen LogP contribution >= 0.6 is 0 Å². The summed E-state index contributed by atoms with van der Waals surface area (Å²) in [6, 6.07) is 8.98. The molecule has 11 nitrogen and oxygen atoms in total. The average Bonchev–Trinajstić information content (AvgIpc) is 3.07. The lowest BCUT2D eigenvalue weighted by Gasteiger charge is -2.42. The van der Waals surface area contributed by atoms with Crippen LogP contribution in [0.5, 0.6) is 0 Å². The van der Waals surface area contributed by atoms with Gasteiger partial charge in [0.05, 0.1) is 24.8 Å². The molecular formula is C33H42N6O5. The van der Waals surface area contributed by atoms with Crippen molar-refractivity contribution in [1.29, 1.82) is 0 Å². The van der Waals surface area contributed by atoms with Crippen molar-refractivity contribution in [2.75, 3.05) is 50.9 Å². The number of ether oxygens (including phenoxy) is 2. The molecule has 1 unspecified atom stereocenters. The minimum atomic E-state index is -0.698. The number of benzene rings is 1. The van der Waals surface area contributed by atoms with Crippen LogP contribution in [0.25, 0.3) is 0 Å². The highest BCUT2D eigenvalue weighted by molar-refractivity contribution is 5.90. The van der Waals surface area contributed by atoms with Crippen molar-refractivity contribution in [3.63, 3.8) is 0 Å². The Morgan fingerprint density at radius 2 is 1.84 bits per heavy atom. The molecule has 1 aromatic carbocycles. The molecule has 0 saturated carbocycles. The van der Waals surface area contributed by atoms with Gasteiger partial charge in [0.15, 0.2) is 6.10 Å². The molecule has 1 spiro atoms. The smallest absolute Gasteiger partial charge is 0.253 e. The number of carbonyl (C=O) groups excluding carboxylic acids is 3. The summed E-state index contributed by atoms with van der Waals surface area (Å²) in [5.41, 5.74) is 0.380. The zero-order valence-corrected chi connectivity index (χ0v) is 25.1. The van der Waals surface area contributed by atoms with Crippen molar-refractivity contribution < 1.29 is 23.9 Å². The largest absolute Gasteiger partial charge is 0.381 e. The molecule has 3 saturated heterocycles. The quantitative estimate of drug-likeness (QED) is 0.509. The maximum Gasteiger partial charge on any atom is 0.253 e. The molecule has 2 N–H and O–H groups in total. The second-order valence-corrected chi connectivity index (χ2v) is 12.3. The first-order valence-electron chi connectivity index (χ1n) is 15.8. The standard InChI is InChI=1S/C33H42N6O5/c40-30-27(20-24-6-2-1-3-7-24)37-32(42)33(11-17-43-18-12-33)10-5-4-8-25-22-39(15-9-26(25)36-30)31(41)28-23-38(16-19-44-28)29-21-34-13-14-35-29/h1-7,13-14,21,25-28H,8-12,15-20,22-23H2,(H,36,40)(H,37,42)/b5-4+/t25-,26+,27-,28?/m0/s1. The van der Waals surface area contributed by atoms with Crippen LogP contribution < -0.4 is 15.5 Å². The van der Waals surface area contributed by atoms with Gasteiger partial charge in [0, 0.05) is 63.6 Å². The van der Waals surface area contributed by atoms with E-state index in [1.165, 1.54) is 0 Å². The highest BCUT2D eigenvalue weighted by Gasteiger charge is 2.42. The van der Waals surface area contributed by atoms with Crippen LogP contribution in [0.1, 0.15) is 37.7 Å². The van der Waals surface area contributed by atoms with Gasteiger partial charge in [0.2, 0.25) is 11.8 Å². The van der Waals surface area contributed by atoms with E-state index in [9.17, 15) is 14.4 Å². The third-order valence-electron chi connectivity index (χ3n) is 9.54. The second-order valence-electron chi connectivity index (χ2n) is 12.3. The molecule has 0 radical (unpaired) electrons. The van der Waals surface area contributed by atoms with Crippen LogP contribution in [0.3, 0.4) is 0 Å². The fraction of sp³-hybridized carbons (Fsp3) is 0.545. The van der Waals surface area contributed by atoms with Crippen LogP contribution in [-0.2, 0) is 30.3 Å². The molecule has 0 aliphatic carbocycles. The van der Waals surface area contributed by atoms with E-state index in [1.54, 1.807) is 18.6 Å². The molecule has 234 valence electrons. The number of piperidine rings is 1. The second kappa shape index (κ2) is 13.9. The fourth-order valence-corrected chi connectivity index (χ4v) is 6.85. The Balaban J connectivity index is 1.19. The Morgan fingerprint density at radius 3 is 2.64 bits per heavy atom. The van der Waals surface area contributed by atoms with Gasteiger partial charge in [-0.25, -0.2) is 4.98 Å². The Bertz CT molecular complexity index is 1320. The first kappa shape index (κ1) is 30.2. The lowest BCUT2D eigenvalue weighted by Crippen LogP contribution is -2.60. The van der Waals surface area contributed by atoms with Crippen molar-refractivity contribution >= 4 is 23.5 Å². The highest BCUT2D eigenvalue weighted by atomic mass is 16.5. The highest BCUT2D eigenvalue weighted by Crippen LogP contribution is 2.36. The van der Waals surface area contributed by atoms with Crippen molar-refractivity contribution in [1.82, 2.24) is 25.5 Å². The number of rotatable bonds is 4. The van der Waals surface area contributed by atoms with Gasteiger partial charge in [0.1, 0.15) is 11.9 Å². The van der Waals surface area contributed by atoms with Crippen LogP contribution in [-0.4, -0.2) is 96.8 Å². The number of anilines is 1. The number of likely N-dealkylation sites (tertiary alicyclic amines) is 1. The van der Waals surface area contributed by atoms with Gasteiger partial charge >= 0.3 is 0 Å². The third-order valence-corrected chi connectivity index (χ3v) is 9.54. The molecule has 3 amide bonds. The average molecular weight is 603 g/mol. The first-order chi connectivity index (χ1) is 21.5. The number of hydrogen-bond donors (Lipinski definition) is 2. The van der Waals surface area contributed by atoms with E-state index >= 15 is 0 Å². The van der Waals surface area contributed by atoms with Gasteiger partial charge in [-0.2, -0.15) is 0 Å². The van der Waals surface area contributed by atoms with Crippen LogP contribution in [0.2, 0.25) is 0 Å². The zero-order chi connectivity index (χ0) is 30.4. The lowest BCUT2D eigenvalue weighted by atomic mass is 9.75. The maximum atomic E-state index is 13.9. The van der Waals surface area contributed by atoms with E-state index in [1.807, 2.05) is 40.1 Å². The van der Waals surface area contributed by atoms with Crippen LogP contribution in [0.4, 0.5) is 5.82 Å². The summed E-state index contributed by atoms with van der Waals surface area (Å²) in [7, 11) is 0.